The molecule has 0 unspecified atom stereocenters. The van der Waals surface area contributed by atoms with Gasteiger partial charge in [0.1, 0.15) is 18.1 Å². The minimum Gasteiger partial charge on any atom is -0.496 e. The van der Waals surface area contributed by atoms with Gasteiger partial charge < -0.3 is 19.1 Å². The van der Waals surface area contributed by atoms with Crippen LogP contribution in [0, 0.1) is 0 Å². The summed E-state index contributed by atoms with van der Waals surface area (Å²) < 4.78 is 21.4. The maximum atomic E-state index is 13.9. The number of aromatic nitrogens is 4. The average Bonchev–Trinajstić information content (AvgIpc) is 3.66. The molecule has 1 saturated heterocycles. The SMILES string of the molecule is CCn1cc(-c2cc3c(cc2OC)OCc2c(C(=O)N4CCOCC4(C)C)nn(-c4ccsc4)c2-3)cn1. The topological polar surface area (TPSA) is 83.6 Å². The maximum absolute atomic E-state index is 13.9. The van der Waals surface area contributed by atoms with Crippen molar-refractivity contribution in [1.82, 2.24) is 24.5 Å². The average molecular weight is 520 g/mol. The van der Waals surface area contributed by atoms with Crippen molar-refractivity contribution >= 4 is 17.2 Å². The first-order valence-corrected chi connectivity index (χ1v) is 13.3. The monoisotopic (exact) mass is 519 g/mol. The number of thiophene rings is 1. The lowest BCUT2D eigenvalue weighted by Crippen LogP contribution is -2.55. The van der Waals surface area contributed by atoms with Crippen molar-refractivity contribution in [3.05, 3.63) is 52.6 Å². The largest absolute Gasteiger partial charge is 0.496 e. The van der Waals surface area contributed by atoms with Crippen LogP contribution in [0.2, 0.25) is 0 Å². The van der Waals surface area contributed by atoms with Gasteiger partial charge in [0, 0.05) is 53.0 Å². The molecule has 192 valence electrons. The molecule has 6 rings (SSSR count). The van der Waals surface area contributed by atoms with Crippen molar-refractivity contribution in [2.24, 2.45) is 0 Å². The maximum Gasteiger partial charge on any atom is 0.275 e. The minimum atomic E-state index is -0.429. The Kier molecular flexibility index (Phi) is 5.80. The van der Waals surface area contributed by atoms with Crippen molar-refractivity contribution in [3.8, 4) is 39.6 Å². The Labute approximate surface area is 219 Å². The third kappa shape index (κ3) is 3.91. The van der Waals surface area contributed by atoms with Gasteiger partial charge in [0.15, 0.2) is 5.69 Å². The van der Waals surface area contributed by atoms with Crippen molar-refractivity contribution < 1.29 is 19.0 Å². The number of morpholine rings is 1. The lowest BCUT2D eigenvalue weighted by atomic mass is 9.96. The first-order valence-electron chi connectivity index (χ1n) is 12.3. The molecule has 1 amide bonds. The van der Waals surface area contributed by atoms with Gasteiger partial charge in [0.2, 0.25) is 0 Å². The van der Waals surface area contributed by atoms with E-state index in [-0.39, 0.29) is 12.5 Å². The normalized spacial score (nSPS) is 16.2. The van der Waals surface area contributed by atoms with Gasteiger partial charge in [-0.05, 0) is 38.3 Å². The zero-order chi connectivity index (χ0) is 25.7. The van der Waals surface area contributed by atoms with Crippen LogP contribution in [0.1, 0.15) is 36.8 Å². The van der Waals surface area contributed by atoms with Crippen LogP contribution in [0.25, 0.3) is 28.1 Å². The lowest BCUT2D eigenvalue weighted by molar-refractivity contribution is -0.0374. The Bertz CT molecular complexity index is 1470. The lowest BCUT2D eigenvalue weighted by Gasteiger charge is -2.41. The summed E-state index contributed by atoms with van der Waals surface area (Å²) in [7, 11) is 1.65. The molecule has 2 aliphatic rings. The van der Waals surface area contributed by atoms with E-state index >= 15 is 0 Å². The van der Waals surface area contributed by atoms with Crippen molar-refractivity contribution in [3.63, 3.8) is 0 Å². The number of amides is 1. The number of carbonyl (C=O) groups is 1. The van der Waals surface area contributed by atoms with Gasteiger partial charge >= 0.3 is 0 Å². The number of fused-ring (bicyclic) bond motifs is 3. The van der Waals surface area contributed by atoms with Gasteiger partial charge in [0.05, 0.1) is 43.4 Å². The fourth-order valence-corrected chi connectivity index (χ4v) is 5.66. The second kappa shape index (κ2) is 9.04. The number of hydrogen-bond acceptors (Lipinski definition) is 7. The van der Waals surface area contributed by atoms with Gasteiger partial charge in [-0.3, -0.25) is 9.48 Å². The third-order valence-corrected chi connectivity index (χ3v) is 7.70. The molecule has 0 aliphatic carbocycles. The first-order chi connectivity index (χ1) is 17.9. The number of ether oxygens (including phenoxy) is 3. The van der Waals surface area contributed by atoms with Crippen LogP contribution in [0.5, 0.6) is 11.5 Å². The number of nitrogens with zero attached hydrogens (tertiary/aromatic N) is 5. The molecule has 2 aliphatic heterocycles. The quantitative estimate of drug-likeness (QED) is 0.382. The second-order valence-electron chi connectivity index (χ2n) is 9.81. The molecule has 5 heterocycles. The van der Waals surface area contributed by atoms with Crippen LogP contribution < -0.4 is 9.47 Å². The molecule has 0 atom stereocenters. The molecule has 3 aromatic heterocycles. The highest BCUT2D eigenvalue weighted by molar-refractivity contribution is 7.08. The highest BCUT2D eigenvalue weighted by Crippen LogP contribution is 2.46. The summed E-state index contributed by atoms with van der Waals surface area (Å²) >= 11 is 1.59. The van der Waals surface area contributed by atoms with E-state index in [1.807, 2.05) is 63.4 Å². The van der Waals surface area contributed by atoms with E-state index in [4.69, 9.17) is 19.3 Å². The van der Waals surface area contributed by atoms with E-state index in [0.29, 0.717) is 37.0 Å². The Morgan fingerprint density at radius 3 is 2.84 bits per heavy atom. The fraction of sp³-hybridized carbons (Fsp3) is 0.370. The molecule has 4 aromatic rings. The van der Waals surface area contributed by atoms with Gasteiger partial charge in [-0.25, -0.2) is 4.68 Å². The number of methoxy groups -OCH3 is 1. The Morgan fingerprint density at radius 2 is 2.14 bits per heavy atom. The summed E-state index contributed by atoms with van der Waals surface area (Å²) in [5.41, 5.74) is 5.25. The molecule has 37 heavy (non-hydrogen) atoms. The Balaban J connectivity index is 1.54. The van der Waals surface area contributed by atoms with E-state index in [2.05, 4.69) is 18.1 Å². The van der Waals surface area contributed by atoms with Gasteiger partial charge in [-0.1, -0.05) is 0 Å². The molecule has 0 N–H and O–H groups in total. The van der Waals surface area contributed by atoms with E-state index in [9.17, 15) is 4.79 Å². The van der Waals surface area contributed by atoms with Crippen molar-refractivity contribution in [2.45, 2.75) is 39.5 Å². The van der Waals surface area contributed by atoms with Crippen LogP contribution >= 0.6 is 11.3 Å². The fourth-order valence-electron chi connectivity index (χ4n) is 5.05. The van der Waals surface area contributed by atoms with Gasteiger partial charge in [-0.15, -0.1) is 0 Å². The summed E-state index contributed by atoms with van der Waals surface area (Å²) in [4.78, 5) is 15.8. The summed E-state index contributed by atoms with van der Waals surface area (Å²) in [5.74, 6) is 1.28. The van der Waals surface area contributed by atoms with E-state index in [1.165, 1.54) is 0 Å². The number of hydrogen-bond donors (Lipinski definition) is 0. The molecular formula is C27H29N5O4S. The zero-order valence-corrected chi connectivity index (χ0v) is 22.2. The van der Waals surface area contributed by atoms with Gasteiger partial charge in [0.25, 0.3) is 5.91 Å². The second-order valence-corrected chi connectivity index (χ2v) is 10.6. The number of carbonyl (C=O) groups excluding carboxylic acids is 1. The molecule has 0 spiro atoms. The number of rotatable bonds is 5. The predicted octanol–water partition coefficient (Wildman–Crippen LogP) is 4.64. The predicted molar refractivity (Wildman–Crippen MR) is 141 cm³/mol. The third-order valence-electron chi connectivity index (χ3n) is 7.02. The Hall–Kier alpha value is -3.63. The smallest absolute Gasteiger partial charge is 0.275 e. The molecular weight excluding hydrogens is 490 g/mol. The highest BCUT2D eigenvalue weighted by Gasteiger charge is 2.39. The molecule has 1 aromatic carbocycles. The summed E-state index contributed by atoms with van der Waals surface area (Å²) in [6.45, 7) is 8.63. The molecule has 9 nitrogen and oxygen atoms in total. The first kappa shape index (κ1) is 23.7. The van der Waals surface area contributed by atoms with E-state index < -0.39 is 5.54 Å². The van der Waals surface area contributed by atoms with Crippen molar-refractivity contribution in [2.75, 3.05) is 26.9 Å². The summed E-state index contributed by atoms with van der Waals surface area (Å²) in [5, 5.41) is 13.4. The molecule has 0 saturated carbocycles. The molecule has 10 heteroatoms. The van der Waals surface area contributed by atoms with E-state index in [0.717, 1.165) is 40.2 Å². The molecule has 1 fully saturated rings. The van der Waals surface area contributed by atoms with Crippen molar-refractivity contribution in [1.29, 1.82) is 0 Å². The molecule has 0 radical (unpaired) electrons. The van der Waals surface area contributed by atoms with Crippen LogP contribution in [0.15, 0.2) is 41.4 Å². The highest BCUT2D eigenvalue weighted by atomic mass is 32.1. The minimum absolute atomic E-state index is 0.108. The summed E-state index contributed by atoms with van der Waals surface area (Å²) in [6, 6.07) is 5.98. The molecule has 0 bridgehead atoms. The van der Waals surface area contributed by atoms with Gasteiger partial charge in [-0.2, -0.15) is 21.5 Å². The van der Waals surface area contributed by atoms with Crippen LogP contribution in [0.4, 0.5) is 0 Å². The zero-order valence-electron chi connectivity index (χ0n) is 21.4. The van der Waals surface area contributed by atoms with Crippen LogP contribution in [0.3, 0.4) is 0 Å². The Morgan fingerprint density at radius 1 is 1.27 bits per heavy atom. The number of aryl methyl sites for hydroxylation is 1. The van der Waals surface area contributed by atoms with Crippen LogP contribution in [-0.2, 0) is 17.9 Å². The van der Waals surface area contributed by atoms with E-state index in [1.54, 1.807) is 18.4 Å². The number of benzene rings is 1. The summed E-state index contributed by atoms with van der Waals surface area (Å²) in [6.07, 6.45) is 3.84. The standard InChI is InChI=1S/C27H29N5O4S/c1-5-30-13-17(12-28-30)19-10-20-23(11-22(19)34-4)36-14-21-24(26(33)31-7-8-35-16-27(31,2)3)29-32(25(20)21)18-6-9-37-15-18/h6,9-13,15H,5,7-8,14,16H2,1-4H3. The van der Waals surface area contributed by atoms with Crippen LogP contribution in [-0.4, -0.2) is 62.8 Å².